The first-order valence-corrected chi connectivity index (χ1v) is 6.38. The summed E-state index contributed by atoms with van der Waals surface area (Å²) in [7, 11) is 0. The number of benzene rings is 1. The monoisotopic (exact) mass is 234 g/mol. The molecule has 1 saturated heterocycles. The maximum absolute atomic E-state index is 6.20. The van der Waals surface area contributed by atoms with Gasteiger partial charge in [0.05, 0.1) is 13.2 Å². The summed E-state index contributed by atoms with van der Waals surface area (Å²) >= 11 is 0. The summed E-state index contributed by atoms with van der Waals surface area (Å²) < 4.78 is 5.33. The standard InChI is InChI=1S/C14H22N2O/c1-12-2-4-13(5-3-12)14(15)6-7-16-8-10-17-11-9-16/h2-5,14H,6-11,15H2,1H3. The van der Waals surface area contributed by atoms with Gasteiger partial charge < -0.3 is 10.5 Å². The van der Waals surface area contributed by atoms with Crippen LogP contribution in [0.4, 0.5) is 0 Å². The molecule has 1 atom stereocenters. The van der Waals surface area contributed by atoms with Crippen LogP contribution in [0.25, 0.3) is 0 Å². The van der Waals surface area contributed by atoms with E-state index in [1.807, 2.05) is 0 Å². The lowest BCUT2D eigenvalue weighted by Gasteiger charge is -2.27. The topological polar surface area (TPSA) is 38.5 Å². The zero-order valence-corrected chi connectivity index (χ0v) is 10.6. The molecule has 1 heterocycles. The van der Waals surface area contributed by atoms with Crippen molar-refractivity contribution in [2.45, 2.75) is 19.4 Å². The van der Waals surface area contributed by atoms with Crippen molar-refractivity contribution >= 4 is 0 Å². The van der Waals surface area contributed by atoms with Gasteiger partial charge in [-0.25, -0.2) is 0 Å². The molecule has 0 spiro atoms. The minimum absolute atomic E-state index is 0.151. The molecule has 0 aromatic heterocycles. The van der Waals surface area contributed by atoms with Gasteiger partial charge >= 0.3 is 0 Å². The van der Waals surface area contributed by atoms with Crippen LogP contribution in [0.3, 0.4) is 0 Å². The molecule has 1 unspecified atom stereocenters. The van der Waals surface area contributed by atoms with Crippen LogP contribution in [0.15, 0.2) is 24.3 Å². The van der Waals surface area contributed by atoms with E-state index in [1.54, 1.807) is 0 Å². The van der Waals surface area contributed by atoms with E-state index in [2.05, 4.69) is 36.1 Å². The fraction of sp³-hybridized carbons (Fsp3) is 0.571. The lowest BCUT2D eigenvalue weighted by Crippen LogP contribution is -2.37. The first-order valence-electron chi connectivity index (χ1n) is 6.38. The van der Waals surface area contributed by atoms with Gasteiger partial charge in [-0.05, 0) is 18.9 Å². The molecule has 0 saturated carbocycles. The smallest absolute Gasteiger partial charge is 0.0594 e. The summed E-state index contributed by atoms with van der Waals surface area (Å²) in [6.07, 6.45) is 1.02. The number of hydrogen-bond donors (Lipinski definition) is 1. The highest BCUT2D eigenvalue weighted by atomic mass is 16.5. The van der Waals surface area contributed by atoms with Crippen LogP contribution in [-0.4, -0.2) is 37.7 Å². The second kappa shape index (κ2) is 6.15. The van der Waals surface area contributed by atoms with Crippen molar-refractivity contribution in [2.75, 3.05) is 32.8 Å². The van der Waals surface area contributed by atoms with Crippen LogP contribution >= 0.6 is 0 Å². The molecular formula is C14H22N2O. The SMILES string of the molecule is Cc1ccc(C(N)CCN2CCOCC2)cc1. The normalized spacial score (nSPS) is 19.2. The van der Waals surface area contributed by atoms with Crippen molar-refractivity contribution in [3.05, 3.63) is 35.4 Å². The van der Waals surface area contributed by atoms with Gasteiger partial charge in [0.15, 0.2) is 0 Å². The predicted octanol–water partition coefficient (Wildman–Crippen LogP) is 1.72. The molecule has 0 bridgehead atoms. The third-order valence-corrected chi connectivity index (χ3v) is 3.37. The molecular weight excluding hydrogens is 212 g/mol. The van der Waals surface area contributed by atoms with E-state index in [1.165, 1.54) is 11.1 Å². The lowest BCUT2D eigenvalue weighted by molar-refractivity contribution is 0.0366. The zero-order chi connectivity index (χ0) is 12.1. The average Bonchev–Trinajstić information content (AvgIpc) is 2.38. The summed E-state index contributed by atoms with van der Waals surface area (Å²) in [5.41, 5.74) is 8.73. The Kier molecular flexibility index (Phi) is 4.54. The molecule has 3 heteroatoms. The van der Waals surface area contributed by atoms with Gasteiger partial charge in [-0.2, -0.15) is 0 Å². The Bertz CT molecular complexity index is 331. The largest absolute Gasteiger partial charge is 0.379 e. The molecule has 1 aromatic rings. The van der Waals surface area contributed by atoms with Crippen LogP contribution in [0.1, 0.15) is 23.6 Å². The van der Waals surface area contributed by atoms with E-state index >= 15 is 0 Å². The van der Waals surface area contributed by atoms with Crippen LogP contribution in [0, 0.1) is 6.92 Å². The molecule has 1 aliphatic rings. The number of aryl methyl sites for hydroxylation is 1. The van der Waals surface area contributed by atoms with Crippen molar-refractivity contribution in [2.24, 2.45) is 5.73 Å². The third-order valence-electron chi connectivity index (χ3n) is 3.37. The van der Waals surface area contributed by atoms with Gasteiger partial charge in [0, 0.05) is 25.7 Å². The molecule has 17 heavy (non-hydrogen) atoms. The average molecular weight is 234 g/mol. The Morgan fingerprint density at radius 2 is 1.88 bits per heavy atom. The van der Waals surface area contributed by atoms with Crippen LogP contribution < -0.4 is 5.73 Å². The second-order valence-corrected chi connectivity index (χ2v) is 4.76. The molecule has 94 valence electrons. The maximum atomic E-state index is 6.20. The first kappa shape index (κ1) is 12.6. The van der Waals surface area contributed by atoms with Gasteiger partial charge in [0.25, 0.3) is 0 Å². The first-order chi connectivity index (χ1) is 8.25. The molecule has 1 fully saturated rings. The highest BCUT2D eigenvalue weighted by Crippen LogP contribution is 2.15. The van der Waals surface area contributed by atoms with Crippen molar-refractivity contribution in [3.8, 4) is 0 Å². The number of hydrogen-bond acceptors (Lipinski definition) is 3. The molecule has 0 radical (unpaired) electrons. The second-order valence-electron chi connectivity index (χ2n) is 4.76. The highest BCUT2D eigenvalue weighted by molar-refractivity contribution is 5.23. The van der Waals surface area contributed by atoms with Gasteiger partial charge in [0.1, 0.15) is 0 Å². The molecule has 1 aromatic carbocycles. The quantitative estimate of drug-likeness (QED) is 0.862. The Labute approximate surface area is 104 Å². The fourth-order valence-corrected chi connectivity index (χ4v) is 2.13. The van der Waals surface area contributed by atoms with E-state index in [4.69, 9.17) is 10.5 Å². The molecule has 0 amide bonds. The van der Waals surface area contributed by atoms with E-state index in [-0.39, 0.29) is 6.04 Å². The number of morpholine rings is 1. The Morgan fingerprint density at radius 1 is 1.24 bits per heavy atom. The van der Waals surface area contributed by atoms with Crippen LogP contribution in [0.2, 0.25) is 0 Å². The highest BCUT2D eigenvalue weighted by Gasteiger charge is 2.12. The number of nitrogens with two attached hydrogens (primary N) is 1. The molecule has 2 N–H and O–H groups in total. The Morgan fingerprint density at radius 3 is 2.53 bits per heavy atom. The van der Waals surface area contributed by atoms with Gasteiger partial charge in [-0.1, -0.05) is 29.8 Å². The number of ether oxygens (including phenoxy) is 1. The van der Waals surface area contributed by atoms with Crippen LogP contribution in [-0.2, 0) is 4.74 Å². The zero-order valence-electron chi connectivity index (χ0n) is 10.6. The van der Waals surface area contributed by atoms with E-state index < -0.39 is 0 Å². The lowest BCUT2D eigenvalue weighted by atomic mass is 10.0. The summed E-state index contributed by atoms with van der Waals surface area (Å²) in [6, 6.07) is 8.69. The van der Waals surface area contributed by atoms with Crippen molar-refractivity contribution < 1.29 is 4.74 Å². The van der Waals surface area contributed by atoms with E-state index in [0.717, 1.165) is 39.3 Å². The predicted molar refractivity (Wildman–Crippen MR) is 70.0 cm³/mol. The molecule has 2 rings (SSSR count). The van der Waals surface area contributed by atoms with Crippen molar-refractivity contribution in [3.63, 3.8) is 0 Å². The van der Waals surface area contributed by atoms with Crippen molar-refractivity contribution in [1.82, 2.24) is 4.90 Å². The summed E-state index contributed by atoms with van der Waals surface area (Å²) in [6.45, 7) is 6.97. The van der Waals surface area contributed by atoms with E-state index in [9.17, 15) is 0 Å². The summed E-state index contributed by atoms with van der Waals surface area (Å²) in [5.74, 6) is 0. The molecule has 1 aliphatic heterocycles. The van der Waals surface area contributed by atoms with Crippen LogP contribution in [0.5, 0.6) is 0 Å². The summed E-state index contributed by atoms with van der Waals surface area (Å²) in [5, 5.41) is 0. The molecule has 3 nitrogen and oxygen atoms in total. The summed E-state index contributed by atoms with van der Waals surface area (Å²) in [4.78, 5) is 2.43. The minimum Gasteiger partial charge on any atom is -0.379 e. The minimum atomic E-state index is 0.151. The van der Waals surface area contributed by atoms with Crippen molar-refractivity contribution in [1.29, 1.82) is 0 Å². The fourth-order valence-electron chi connectivity index (χ4n) is 2.13. The number of rotatable bonds is 4. The van der Waals surface area contributed by atoms with Gasteiger partial charge in [0.2, 0.25) is 0 Å². The number of nitrogens with zero attached hydrogens (tertiary/aromatic N) is 1. The van der Waals surface area contributed by atoms with Gasteiger partial charge in [-0.15, -0.1) is 0 Å². The Balaban J connectivity index is 1.80. The maximum Gasteiger partial charge on any atom is 0.0594 e. The Hall–Kier alpha value is -0.900. The van der Waals surface area contributed by atoms with Gasteiger partial charge in [-0.3, -0.25) is 4.90 Å². The van der Waals surface area contributed by atoms with E-state index in [0.29, 0.717) is 0 Å². The third kappa shape index (κ3) is 3.80. The molecule has 0 aliphatic carbocycles.